The summed E-state index contributed by atoms with van der Waals surface area (Å²) in [4.78, 5) is 23.5. The van der Waals surface area contributed by atoms with Gasteiger partial charge in [0.25, 0.3) is 5.69 Å². The first-order chi connectivity index (χ1) is 14.5. The van der Waals surface area contributed by atoms with Gasteiger partial charge < -0.3 is 9.64 Å². The summed E-state index contributed by atoms with van der Waals surface area (Å²) in [7, 11) is 1.32. The van der Waals surface area contributed by atoms with E-state index < -0.39 is 4.92 Å². The fourth-order valence-electron chi connectivity index (χ4n) is 2.54. The van der Waals surface area contributed by atoms with Gasteiger partial charge in [0.05, 0.1) is 42.2 Å². The van der Waals surface area contributed by atoms with E-state index in [4.69, 9.17) is 10.5 Å². The summed E-state index contributed by atoms with van der Waals surface area (Å²) in [6, 6.07) is 14.7. The molecule has 0 aromatic heterocycles. The van der Waals surface area contributed by atoms with E-state index in [2.05, 4.69) is 21.0 Å². The van der Waals surface area contributed by atoms with Crippen molar-refractivity contribution in [1.29, 1.82) is 10.5 Å². The first-order valence-electron chi connectivity index (χ1n) is 8.87. The molecule has 0 atom stereocenters. The highest BCUT2D eigenvalue weighted by atomic mass is 16.6. The Hall–Kier alpha value is -4.31. The van der Waals surface area contributed by atoms with Crippen LogP contribution in [-0.2, 0) is 9.53 Å². The van der Waals surface area contributed by atoms with Crippen LogP contribution in [0.2, 0.25) is 0 Å². The van der Waals surface area contributed by atoms with Crippen LogP contribution in [0.1, 0.15) is 18.4 Å². The zero-order chi connectivity index (χ0) is 21.9. The molecule has 152 valence electrons. The van der Waals surface area contributed by atoms with Gasteiger partial charge in [0.1, 0.15) is 11.8 Å². The molecule has 2 aromatic rings. The van der Waals surface area contributed by atoms with Crippen molar-refractivity contribution in [3.8, 4) is 12.1 Å². The Bertz CT molecular complexity index is 1020. The normalized spacial score (nSPS) is 10.2. The molecule has 0 saturated heterocycles. The van der Waals surface area contributed by atoms with Crippen molar-refractivity contribution in [3.05, 3.63) is 58.1 Å². The summed E-state index contributed by atoms with van der Waals surface area (Å²) >= 11 is 0. The Morgan fingerprint density at radius 3 is 2.50 bits per heavy atom. The molecule has 0 aliphatic rings. The standard InChI is InChI=1S/C20H18N6O4/c1-30-20(27)9-12-25(11-2-10-21)17-5-3-16(4-6-17)23-24-19-8-7-18(26(28)29)13-15(19)14-22/h3-8,13H,2,9,11-12H2,1H3/b24-23+. The topological polar surface area (TPSA) is 145 Å². The van der Waals surface area contributed by atoms with Gasteiger partial charge in [-0.3, -0.25) is 14.9 Å². The number of hydrogen-bond acceptors (Lipinski definition) is 9. The maximum atomic E-state index is 11.4. The van der Waals surface area contributed by atoms with Crippen LogP contribution in [0.4, 0.5) is 22.7 Å². The second kappa shape index (κ2) is 10.9. The summed E-state index contributed by atoms with van der Waals surface area (Å²) in [6.07, 6.45) is 0.500. The molecule has 0 spiro atoms. The molecule has 0 saturated carbocycles. The van der Waals surface area contributed by atoms with Crippen LogP contribution in [0.3, 0.4) is 0 Å². The molecule has 30 heavy (non-hydrogen) atoms. The van der Waals surface area contributed by atoms with Crippen molar-refractivity contribution in [1.82, 2.24) is 0 Å². The SMILES string of the molecule is COC(=O)CCN(CCC#N)c1ccc(/N=N/c2ccc([N+](=O)[O-])cc2C#N)cc1. The molecule has 0 radical (unpaired) electrons. The quantitative estimate of drug-likeness (QED) is 0.263. The molecule has 10 heteroatoms. The van der Waals surface area contributed by atoms with Crippen molar-refractivity contribution in [3.63, 3.8) is 0 Å². The largest absolute Gasteiger partial charge is 0.469 e. The lowest BCUT2D eigenvalue weighted by Gasteiger charge is -2.23. The number of rotatable bonds is 9. The van der Waals surface area contributed by atoms with E-state index >= 15 is 0 Å². The number of non-ortho nitro benzene ring substituents is 1. The van der Waals surface area contributed by atoms with Gasteiger partial charge >= 0.3 is 5.97 Å². The molecule has 0 amide bonds. The predicted octanol–water partition coefficient (Wildman–Crippen LogP) is 4.17. The minimum atomic E-state index is -0.585. The highest BCUT2D eigenvalue weighted by Crippen LogP contribution is 2.27. The van der Waals surface area contributed by atoms with Crippen LogP contribution in [0, 0.1) is 32.8 Å². The molecule has 0 N–H and O–H groups in total. The van der Waals surface area contributed by atoms with E-state index in [0.29, 0.717) is 25.2 Å². The van der Waals surface area contributed by atoms with Gasteiger partial charge in [0.15, 0.2) is 0 Å². The minimum Gasteiger partial charge on any atom is -0.469 e. The Kier molecular flexibility index (Phi) is 7.97. The Balaban J connectivity index is 2.16. The maximum Gasteiger partial charge on any atom is 0.307 e. The molecule has 2 aromatic carbocycles. The molecule has 0 heterocycles. The van der Waals surface area contributed by atoms with E-state index in [1.807, 2.05) is 11.0 Å². The summed E-state index contributed by atoms with van der Waals surface area (Å²) in [6.45, 7) is 0.867. The second-order valence-corrected chi connectivity index (χ2v) is 6.01. The molecular weight excluding hydrogens is 388 g/mol. The Labute approximate surface area is 172 Å². The first-order valence-corrected chi connectivity index (χ1v) is 8.87. The number of nitriles is 2. The predicted molar refractivity (Wildman–Crippen MR) is 108 cm³/mol. The fraction of sp³-hybridized carbons (Fsp3) is 0.250. The van der Waals surface area contributed by atoms with Gasteiger partial charge in [0.2, 0.25) is 0 Å². The number of ether oxygens (including phenoxy) is 1. The molecular formula is C20H18N6O4. The minimum absolute atomic E-state index is 0.0510. The Morgan fingerprint density at radius 1 is 1.17 bits per heavy atom. The number of hydrogen-bond donors (Lipinski definition) is 0. The van der Waals surface area contributed by atoms with Crippen molar-refractivity contribution in [2.75, 3.05) is 25.1 Å². The van der Waals surface area contributed by atoms with Crippen molar-refractivity contribution >= 4 is 28.7 Å². The van der Waals surface area contributed by atoms with Crippen LogP contribution in [-0.4, -0.2) is 31.1 Å². The molecule has 0 fully saturated rings. The first kappa shape index (κ1) is 22.0. The number of methoxy groups -OCH3 is 1. The van der Waals surface area contributed by atoms with Gasteiger partial charge in [-0.1, -0.05) is 0 Å². The van der Waals surface area contributed by atoms with Crippen LogP contribution in [0.25, 0.3) is 0 Å². The summed E-state index contributed by atoms with van der Waals surface area (Å²) in [5.74, 6) is -0.334. The number of nitro benzene ring substituents is 1. The van der Waals surface area contributed by atoms with E-state index in [-0.39, 0.29) is 29.3 Å². The molecule has 0 aliphatic carbocycles. The van der Waals surface area contributed by atoms with Gasteiger partial charge in [0, 0.05) is 30.9 Å². The third kappa shape index (κ3) is 6.11. The third-order valence-corrected chi connectivity index (χ3v) is 4.11. The molecule has 2 rings (SSSR count). The highest BCUT2D eigenvalue weighted by Gasteiger charge is 2.11. The van der Waals surface area contributed by atoms with Crippen molar-refractivity contribution < 1.29 is 14.5 Å². The average molecular weight is 406 g/mol. The number of esters is 1. The summed E-state index contributed by atoms with van der Waals surface area (Å²) < 4.78 is 4.66. The lowest BCUT2D eigenvalue weighted by Crippen LogP contribution is -2.27. The van der Waals surface area contributed by atoms with E-state index in [9.17, 15) is 14.9 Å². The van der Waals surface area contributed by atoms with Crippen molar-refractivity contribution in [2.45, 2.75) is 12.8 Å². The number of azo groups is 1. The van der Waals surface area contributed by atoms with Gasteiger partial charge in [-0.15, -0.1) is 5.11 Å². The van der Waals surface area contributed by atoms with Crippen LogP contribution < -0.4 is 4.90 Å². The van der Waals surface area contributed by atoms with E-state index in [1.54, 1.807) is 24.3 Å². The molecule has 0 bridgehead atoms. The average Bonchev–Trinajstić information content (AvgIpc) is 2.77. The summed E-state index contributed by atoms with van der Waals surface area (Å²) in [5, 5.41) is 36.9. The number of carbonyl (C=O) groups is 1. The van der Waals surface area contributed by atoms with Gasteiger partial charge in [-0.25, -0.2) is 0 Å². The third-order valence-electron chi connectivity index (χ3n) is 4.11. The Morgan fingerprint density at radius 2 is 1.90 bits per heavy atom. The zero-order valence-electron chi connectivity index (χ0n) is 16.2. The zero-order valence-corrected chi connectivity index (χ0v) is 16.2. The molecule has 0 aliphatic heterocycles. The van der Waals surface area contributed by atoms with Gasteiger partial charge in [-0.2, -0.15) is 15.6 Å². The number of carbonyl (C=O) groups excluding carboxylic acids is 1. The lowest BCUT2D eigenvalue weighted by molar-refractivity contribution is -0.384. The van der Waals surface area contributed by atoms with Crippen LogP contribution in [0.15, 0.2) is 52.7 Å². The number of benzene rings is 2. The second-order valence-electron chi connectivity index (χ2n) is 6.01. The molecule has 10 nitrogen and oxygen atoms in total. The van der Waals surface area contributed by atoms with Crippen molar-refractivity contribution in [2.24, 2.45) is 10.2 Å². The molecule has 0 unspecified atom stereocenters. The highest BCUT2D eigenvalue weighted by molar-refractivity contribution is 5.70. The van der Waals surface area contributed by atoms with Crippen LogP contribution >= 0.6 is 0 Å². The summed E-state index contributed by atoms with van der Waals surface area (Å²) in [5.41, 5.74) is 1.39. The van der Waals surface area contributed by atoms with Crippen LogP contribution in [0.5, 0.6) is 0 Å². The number of nitrogens with zero attached hydrogens (tertiary/aromatic N) is 6. The smallest absolute Gasteiger partial charge is 0.307 e. The van der Waals surface area contributed by atoms with E-state index in [0.717, 1.165) is 11.8 Å². The monoisotopic (exact) mass is 406 g/mol. The number of nitro groups is 1. The van der Waals surface area contributed by atoms with E-state index in [1.165, 1.54) is 19.2 Å². The maximum absolute atomic E-state index is 11.4. The van der Waals surface area contributed by atoms with Gasteiger partial charge in [-0.05, 0) is 30.3 Å². The lowest BCUT2D eigenvalue weighted by atomic mass is 10.2. The number of anilines is 1. The fourth-order valence-corrected chi connectivity index (χ4v) is 2.54.